The molecular formula is C24H25N3O6. The van der Waals surface area contributed by atoms with Gasteiger partial charge in [-0.05, 0) is 42.2 Å². The molecule has 0 saturated carbocycles. The van der Waals surface area contributed by atoms with Crippen molar-refractivity contribution in [1.82, 2.24) is 10.9 Å². The third-order valence-corrected chi connectivity index (χ3v) is 5.18. The van der Waals surface area contributed by atoms with E-state index in [-0.39, 0.29) is 11.3 Å². The van der Waals surface area contributed by atoms with Gasteiger partial charge in [-0.3, -0.25) is 30.6 Å². The largest absolute Gasteiger partial charge is 0.502 e. The summed E-state index contributed by atoms with van der Waals surface area (Å²) in [5, 5.41) is 20.4. The van der Waals surface area contributed by atoms with Gasteiger partial charge in [-0.15, -0.1) is 0 Å². The van der Waals surface area contributed by atoms with Gasteiger partial charge in [0.15, 0.2) is 5.75 Å². The van der Waals surface area contributed by atoms with Gasteiger partial charge in [-0.25, -0.2) is 0 Å². The molecule has 9 nitrogen and oxygen atoms in total. The van der Waals surface area contributed by atoms with E-state index in [1.54, 1.807) is 6.07 Å². The Kier molecular flexibility index (Phi) is 7.80. The minimum Gasteiger partial charge on any atom is -0.502 e. The summed E-state index contributed by atoms with van der Waals surface area (Å²) in [5.74, 6) is -2.01. The maximum atomic E-state index is 12.6. The number of nitrogens with zero attached hydrogens (tertiary/aromatic N) is 1. The number of carbonyl (C=O) groups excluding carboxylic acids is 2. The quantitative estimate of drug-likeness (QED) is 0.244. The molecule has 2 amide bonds. The molecule has 172 valence electrons. The number of rotatable bonds is 9. The van der Waals surface area contributed by atoms with Crippen LogP contribution >= 0.6 is 0 Å². The van der Waals surface area contributed by atoms with Crippen LogP contribution in [-0.4, -0.2) is 21.8 Å². The van der Waals surface area contributed by atoms with Gasteiger partial charge in [0.2, 0.25) is 5.76 Å². The molecule has 1 heterocycles. The molecule has 3 N–H and O–H groups in total. The Morgan fingerprint density at radius 1 is 1.00 bits per heavy atom. The van der Waals surface area contributed by atoms with E-state index in [1.165, 1.54) is 37.2 Å². The molecule has 0 spiro atoms. The normalized spacial score (nSPS) is 10.6. The van der Waals surface area contributed by atoms with Crippen LogP contribution in [0.4, 0.5) is 5.69 Å². The molecule has 0 aliphatic heterocycles. The number of benzene rings is 2. The number of nitrogens with one attached hydrogen (secondary N) is 2. The van der Waals surface area contributed by atoms with Crippen molar-refractivity contribution in [3.8, 4) is 16.9 Å². The van der Waals surface area contributed by atoms with Crippen molar-refractivity contribution in [2.24, 2.45) is 0 Å². The number of nitro benzene ring substituents is 1. The first-order chi connectivity index (χ1) is 15.9. The summed E-state index contributed by atoms with van der Waals surface area (Å²) in [7, 11) is 0. The number of amides is 2. The van der Waals surface area contributed by atoms with E-state index in [9.17, 15) is 24.8 Å². The van der Waals surface area contributed by atoms with Crippen molar-refractivity contribution < 1.29 is 24.0 Å². The van der Waals surface area contributed by atoms with E-state index in [1.807, 2.05) is 24.3 Å². The minimum absolute atomic E-state index is 0.0164. The number of hydrazine groups is 1. The molecule has 0 atom stereocenters. The van der Waals surface area contributed by atoms with Crippen molar-refractivity contribution in [1.29, 1.82) is 0 Å². The fourth-order valence-corrected chi connectivity index (χ4v) is 3.37. The monoisotopic (exact) mass is 451 g/mol. The lowest BCUT2D eigenvalue weighted by atomic mass is 10.0. The van der Waals surface area contributed by atoms with Crippen LogP contribution in [0.15, 0.2) is 59.2 Å². The summed E-state index contributed by atoms with van der Waals surface area (Å²) < 4.78 is 5.32. The number of carbonyl (C=O) groups is 2. The number of aryl methyl sites for hydroxylation is 1. The van der Waals surface area contributed by atoms with Crippen molar-refractivity contribution in [3.05, 3.63) is 81.8 Å². The zero-order valence-electron chi connectivity index (χ0n) is 18.2. The molecule has 33 heavy (non-hydrogen) atoms. The maximum absolute atomic E-state index is 12.6. The van der Waals surface area contributed by atoms with E-state index in [0.717, 1.165) is 30.5 Å². The first-order valence-electron chi connectivity index (χ1n) is 10.7. The van der Waals surface area contributed by atoms with Crippen molar-refractivity contribution in [3.63, 3.8) is 0 Å². The van der Waals surface area contributed by atoms with Crippen LogP contribution in [0, 0.1) is 10.1 Å². The Balaban J connectivity index is 1.63. The van der Waals surface area contributed by atoms with Crippen LogP contribution < -0.4 is 10.9 Å². The average molecular weight is 451 g/mol. The first kappa shape index (κ1) is 23.5. The van der Waals surface area contributed by atoms with Crippen LogP contribution in [0.5, 0.6) is 5.75 Å². The van der Waals surface area contributed by atoms with Crippen molar-refractivity contribution >= 4 is 17.5 Å². The predicted molar refractivity (Wildman–Crippen MR) is 122 cm³/mol. The summed E-state index contributed by atoms with van der Waals surface area (Å²) in [5.41, 5.74) is 6.31. The number of unbranched alkanes of at least 4 members (excludes halogenated alkanes) is 3. The molecule has 0 saturated heterocycles. The van der Waals surface area contributed by atoms with Crippen LogP contribution in [0.1, 0.15) is 59.1 Å². The first-order valence-corrected chi connectivity index (χ1v) is 10.7. The van der Waals surface area contributed by atoms with Gasteiger partial charge in [0, 0.05) is 17.2 Å². The second kappa shape index (κ2) is 10.9. The zero-order chi connectivity index (χ0) is 23.8. The van der Waals surface area contributed by atoms with Crippen LogP contribution in [0.2, 0.25) is 0 Å². The lowest BCUT2D eigenvalue weighted by Gasteiger charge is -2.08. The number of phenolic OH excluding ortho intramolecular Hbond substituents is 1. The number of hydrogen-bond donors (Lipinski definition) is 3. The summed E-state index contributed by atoms with van der Waals surface area (Å²) in [6.07, 6.45) is 7.14. The number of nitro groups is 1. The van der Waals surface area contributed by atoms with Crippen LogP contribution in [0.25, 0.3) is 11.1 Å². The highest BCUT2D eigenvalue weighted by Crippen LogP contribution is 2.27. The molecule has 0 aliphatic carbocycles. The van der Waals surface area contributed by atoms with E-state index in [2.05, 4.69) is 17.8 Å². The molecule has 0 aliphatic rings. The topological polar surface area (TPSA) is 135 Å². The van der Waals surface area contributed by atoms with Crippen LogP contribution in [0.3, 0.4) is 0 Å². The Bertz CT molecular complexity index is 1140. The highest BCUT2D eigenvalue weighted by molar-refractivity contribution is 6.01. The average Bonchev–Trinajstić information content (AvgIpc) is 3.30. The summed E-state index contributed by atoms with van der Waals surface area (Å²) >= 11 is 0. The third-order valence-electron chi connectivity index (χ3n) is 5.18. The predicted octanol–water partition coefficient (Wildman–Crippen LogP) is 4.76. The Morgan fingerprint density at radius 3 is 2.42 bits per heavy atom. The molecule has 1 aromatic heterocycles. The van der Waals surface area contributed by atoms with E-state index < -0.39 is 28.2 Å². The van der Waals surface area contributed by atoms with Gasteiger partial charge in [-0.2, -0.15) is 0 Å². The minimum atomic E-state index is -0.809. The number of phenols is 1. The van der Waals surface area contributed by atoms with Crippen molar-refractivity contribution in [2.45, 2.75) is 39.0 Å². The summed E-state index contributed by atoms with van der Waals surface area (Å²) in [6.45, 7) is 2.18. The molecule has 2 aromatic carbocycles. The highest BCUT2D eigenvalue weighted by atomic mass is 16.6. The third kappa shape index (κ3) is 5.97. The Morgan fingerprint density at radius 2 is 1.73 bits per heavy atom. The SMILES string of the molecule is CCCCCCc1ccc(-c2ccoc2C(=O)NNC(=O)c2ccc(O)c([N+](=O)[O-])c2)cc1. The van der Waals surface area contributed by atoms with Gasteiger partial charge in [0.05, 0.1) is 11.2 Å². The van der Waals surface area contributed by atoms with E-state index >= 15 is 0 Å². The lowest BCUT2D eigenvalue weighted by Crippen LogP contribution is -2.41. The van der Waals surface area contributed by atoms with Gasteiger partial charge in [-0.1, -0.05) is 50.5 Å². The van der Waals surface area contributed by atoms with Gasteiger partial charge < -0.3 is 9.52 Å². The Hall–Kier alpha value is -4.14. The standard InChI is InChI=1S/C24H25N3O6/c1-2-3-4-5-6-16-7-9-17(10-8-16)19-13-14-33-22(19)24(30)26-25-23(29)18-11-12-21(28)20(15-18)27(31)32/h7-15,28H,2-6H2,1H3,(H,25,29)(H,26,30). The molecule has 9 heteroatoms. The fourth-order valence-electron chi connectivity index (χ4n) is 3.37. The van der Waals surface area contributed by atoms with E-state index in [0.29, 0.717) is 5.56 Å². The second-order valence-corrected chi connectivity index (χ2v) is 7.54. The van der Waals surface area contributed by atoms with E-state index in [4.69, 9.17) is 4.42 Å². The molecule has 3 aromatic rings. The van der Waals surface area contributed by atoms with Crippen molar-refractivity contribution in [2.75, 3.05) is 0 Å². The molecule has 0 fully saturated rings. The van der Waals surface area contributed by atoms with Gasteiger partial charge in [0.25, 0.3) is 5.91 Å². The number of hydrogen-bond acceptors (Lipinski definition) is 6. The number of furan rings is 1. The van der Waals surface area contributed by atoms with Crippen LogP contribution in [-0.2, 0) is 6.42 Å². The Labute approximate surface area is 190 Å². The summed E-state index contributed by atoms with van der Waals surface area (Å²) in [4.78, 5) is 34.9. The van der Waals surface area contributed by atoms with Gasteiger partial charge in [0.1, 0.15) is 0 Å². The lowest BCUT2D eigenvalue weighted by molar-refractivity contribution is -0.385. The second-order valence-electron chi connectivity index (χ2n) is 7.54. The van der Waals surface area contributed by atoms with Gasteiger partial charge >= 0.3 is 11.6 Å². The smallest absolute Gasteiger partial charge is 0.311 e. The zero-order valence-corrected chi connectivity index (χ0v) is 18.2. The molecular weight excluding hydrogens is 426 g/mol. The summed E-state index contributed by atoms with van der Waals surface area (Å²) in [6, 6.07) is 12.7. The molecule has 0 unspecified atom stereocenters. The fraction of sp³-hybridized carbons (Fsp3) is 0.250. The molecule has 0 radical (unpaired) electrons. The molecule has 3 rings (SSSR count). The maximum Gasteiger partial charge on any atom is 0.311 e. The molecule has 0 bridgehead atoms. The highest BCUT2D eigenvalue weighted by Gasteiger charge is 2.20. The number of aromatic hydroxyl groups is 1.